The maximum absolute atomic E-state index is 12.4. The summed E-state index contributed by atoms with van der Waals surface area (Å²) in [5.41, 5.74) is 0.844. The molecule has 0 spiro atoms. The van der Waals surface area contributed by atoms with Gasteiger partial charge in [0.05, 0.1) is 0 Å². The lowest BCUT2D eigenvalue weighted by atomic mass is 9.76. The van der Waals surface area contributed by atoms with Gasteiger partial charge in [-0.05, 0) is 49.2 Å². The van der Waals surface area contributed by atoms with E-state index < -0.39 is 10.0 Å². The molecule has 0 saturated heterocycles. The standard InChI is InChI=1S/C13H22N2O2S2/c1-3-13(6-5-7-13)15-19(16,17)12-8-11(10-18-12)9-14-4-2/h8,10,14-15H,3-7,9H2,1-2H3. The molecule has 1 aromatic rings. The molecule has 1 aromatic heterocycles. The van der Waals surface area contributed by atoms with Crippen LogP contribution < -0.4 is 10.0 Å². The van der Waals surface area contributed by atoms with Gasteiger partial charge in [0.2, 0.25) is 0 Å². The zero-order chi connectivity index (χ0) is 13.9. The third-order valence-electron chi connectivity index (χ3n) is 3.81. The Morgan fingerprint density at radius 3 is 2.63 bits per heavy atom. The van der Waals surface area contributed by atoms with Crippen molar-refractivity contribution < 1.29 is 8.42 Å². The average molecular weight is 302 g/mol. The van der Waals surface area contributed by atoms with Gasteiger partial charge < -0.3 is 5.32 Å². The van der Waals surface area contributed by atoms with Gasteiger partial charge in [-0.1, -0.05) is 13.8 Å². The first-order valence-electron chi connectivity index (χ1n) is 6.83. The van der Waals surface area contributed by atoms with Gasteiger partial charge >= 0.3 is 0 Å². The summed E-state index contributed by atoms with van der Waals surface area (Å²) in [4.78, 5) is 0. The maximum atomic E-state index is 12.4. The van der Waals surface area contributed by atoms with Crippen LogP contribution >= 0.6 is 11.3 Å². The van der Waals surface area contributed by atoms with E-state index in [1.54, 1.807) is 6.07 Å². The molecule has 1 aliphatic rings. The van der Waals surface area contributed by atoms with Crippen LogP contribution in [-0.2, 0) is 16.6 Å². The van der Waals surface area contributed by atoms with Crippen molar-refractivity contribution in [3.63, 3.8) is 0 Å². The molecule has 1 saturated carbocycles. The van der Waals surface area contributed by atoms with Crippen LogP contribution in [0.4, 0.5) is 0 Å². The molecule has 0 unspecified atom stereocenters. The summed E-state index contributed by atoms with van der Waals surface area (Å²) in [6.45, 7) is 5.69. The fourth-order valence-electron chi connectivity index (χ4n) is 2.32. The number of nitrogens with one attached hydrogen (secondary N) is 2. The van der Waals surface area contributed by atoms with Crippen LogP contribution in [0.15, 0.2) is 15.7 Å². The minimum Gasteiger partial charge on any atom is -0.313 e. The van der Waals surface area contributed by atoms with E-state index in [1.807, 2.05) is 19.2 Å². The third kappa shape index (κ3) is 3.37. The lowest BCUT2D eigenvalue weighted by Crippen LogP contribution is -2.52. The molecule has 0 aromatic carbocycles. The number of hydrogen-bond donors (Lipinski definition) is 2. The minimum absolute atomic E-state index is 0.190. The number of sulfonamides is 1. The molecule has 0 bridgehead atoms. The molecular formula is C13H22N2O2S2. The third-order valence-corrected chi connectivity index (χ3v) is 6.88. The van der Waals surface area contributed by atoms with Gasteiger partial charge in [-0.15, -0.1) is 11.3 Å². The van der Waals surface area contributed by atoms with Gasteiger partial charge in [-0.25, -0.2) is 13.1 Å². The fourth-order valence-corrected chi connectivity index (χ4v) is 5.06. The zero-order valence-electron chi connectivity index (χ0n) is 11.5. The summed E-state index contributed by atoms with van der Waals surface area (Å²) in [5.74, 6) is 0. The first-order valence-corrected chi connectivity index (χ1v) is 9.20. The van der Waals surface area contributed by atoms with Crippen molar-refractivity contribution >= 4 is 21.4 Å². The lowest BCUT2D eigenvalue weighted by Gasteiger charge is -2.41. The molecule has 1 heterocycles. The highest BCUT2D eigenvalue weighted by molar-refractivity contribution is 7.91. The quantitative estimate of drug-likeness (QED) is 0.813. The first-order chi connectivity index (χ1) is 9.01. The SMILES string of the molecule is CCNCc1csc(S(=O)(=O)NC2(CC)CCC2)c1. The van der Waals surface area contributed by atoms with Crippen molar-refractivity contribution in [2.24, 2.45) is 0 Å². The molecule has 19 heavy (non-hydrogen) atoms. The van der Waals surface area contributed by atoms with Crippen LogP contribution in [0.3, 0.4) is 0 Å². The van der Waals surface area contributed by atoms with Crippen LogP contribution in [0.5, 0.6) is 0 Å². The Bertz CT molecular complexity index is 513. The largest absolute Gasteiger partial charge is 0.313 e. The van der Waals surface area contributed by atoms with Gasteiger partial charge in [-0.3, -0.25) is 0 Å². The molecule has 0 atom stereocenters. The topological polar surface area (TPSA) is 58.2 Å². The van der Waals surface area contributed by atoms with E-state index in [9.17, 15) is 8.42 Å². The first kappa shape index (κ1) is 15.0. The van der Waals surface area contributed by atoms with Crippen molar-refractivity contribution in [1.29, 1.82) is 0 Å². The molecule has 0 aliphatic heterocycles. The highest BCUT2D eigenvalue weighted by Crippen LogP contribution is 2.36. The average Bonchev–Trinajstić information content (AvgIpc) is 2.81. The van der Waals surface area contributed by atoms with Crippen LogP contribution in [0.1, 0.15) is 45.1 Å². The Morgan fingerprint density at radius 1 is 1.37 bits per heavy atom. The van der Waals surface area contributed by atoms with Crippen molar-refractivity contribution in [3.05, 3.63) is 17.0 Å². The fraction of sp³-hybridized carbons (Fsp3) is 0.692. The molecule has 2 rings (SSSR count). The lowest BCUT2D eigenvalue weighted by molar-refractivity contribution is 0.214. The Labute approximate surface area is 119 Å². The molecule has 6 heteroatoms. The normalized spacial score (nSPS) is 18.2. The van der Waals surface area contributed by atoms with E-state index in [2.05, 4.69) is 10.0 Å². The summed E-state index contributed by atoms with van der Waals surface area (Å²) in [7, 11) is -3.35. The smallest absolute Gasteiger partial charge is 0.250 e. The summed E-state index contributed by atoms with van der Waals surface area (Å²) in [5, 5.41) is 5.12. The van der Waals surface area contributed by atoms with Gasteiger partial charge in [-0.2, -0.15) is 0 Å². The predicted molar refractivity (Wildman–Crippen MR) is 78.9 cm³/mol. The van der Waals surface area contributed by atoms with Gasteiger partial charge in [0.15, 0.2) is 0 Å². The van der Waals surface area contributed by atoms with Gasteiger partial charge in [0, 0.05) is 12.1 Å². The molecule has 1 aliphatic carbocycles. The number of hydrogen-bond acceptors (Lipinski definition) is 4. The van der Waals surface area contributed by atoms with Gasteiger partial charge in [0.1, 0.15) is 4.21 Å². The second-order valence-electron chi connectivity index (χ2n) is 5.15. The second-order valence-corrected chi connectivity index (χ2v) is 7.97. The maximum Gasteiger partial charge on any atom is 0.250 e. The van der Waals surface area contributed by atoms with Crippen molar-refractivity contribution in [3.8, 4) is 0 Å². The number of thiophene rings is 1. The van der Waals surface area contributed by atoms with Crippen LogP contribution in [0.25, 0.3) is 0 Å². The highest BCUT2D eigenvalue weighted by Gasteiger charge is 2.39. The molecular weight excluding hydrogens is 280 g/mol. The molecule has 2 N–H and O–H groups in total. The van der Waals surface area contributed by atoms with Crippen LogP contribution in [0, 0.1) is 0 Å². The number of rotatable bonds is 7. The molecule has 0 radical (unpaired) electrons. The van der Waals surface area contributed by atoms with E-state index >= 15 is 0 Å². The molecule has 4 nitrogen and oxygen atoms in total. The zero-order valence-corrected chi connectivity index (χ0v) is 13.2. The van der Waals surface area contributed by atoms with Crippen molar-refractivity contribution in [1.82, 2.24) is 10.0 Å². The Balaban J connectivity index is 2.08. The van der Waals surface area contributed by atoms with Crippen molar-refractivity contribution in [2.45, 2.75) is 55.8 Å². The molecule has 0 amide bonds. The van der Waals surface area contributed by atoms with Crippen LogP contribution in [0.2, 0.25) is 0 Å². The summed E-state index contributed by atoms with van der Waals surface area (Å²) in [6.07, 6.45) is 3.89. The molecule has 1 fully saturated rings. The predicted octanol–water partition coefficient (Wildman–Crippen LogP) is 2.47. The van der Waals surface area contributed by atoms with E-state index in [4.69, 9.17) is 0 Å². The Kier molecular flexibility index (Phi) is 4.66. The Morgan fingerprint density at radius 2 is 2.11 bits per heavy atom. The van der Waals surface area contributed by atoms with Crippen molar-refractivity contribution in [2.75, 3.05) is 6.54 Å². The minimum atomic E-state index is -3.35. The van der Waals surface area contributed by atoms with E-state index in [0.717, 1.165) is 44.3 Å². The summed E-state index contributed by atoms with van der Waals surface area (Å²) < 4.78 is 28.1. The van der Waals surface area contributed by atoms with E-state index in [1.165, 1.54) is 11.3 Å². The van der Waals surface area contributed by atoms with E-state index in [0.29, 0.717) is 4.21 Å². The second kappa shape index (κ2) is 5.91. The summed E-state index contributed by atoms with van der Waals surface area (Å²) in [6, 6.07) is 1.78. The van der Waals surface area contributed by atoms with Gasteiger partial charge in [0.25, 0.3) is 10.0 Å². The molecule has 108 valence electrons. The monoisotopic (exact) mass is 302 g/mol. The van der Waals surface area contributed by atoms with E-state index in [-0.39, 0.29) is 5.54 Å². The van der Waals surface area contributed by atoms with Crippen LogP contribution in [-0.4, -0.2) is 20.5 Å². The Hall–Kier alpha value is -0.430. The summed E-state index contributed by atoms with van der Waals surface area (Å²) >= 11 is 1.30. The highest BCUT2D eigenvalue weighted by atomic mass is 32.2.